The number of carbonyl (C=O) groups is 1. The molecule has 0 bridgehead atoms. The molecule has 1 aliphatic heterocycles. The molecule has 1 aromatic heterocycles. The van der Waals surface area contributed by atoms with Crippen LogP contribution in [0, 0.1) is 5.82 Å². The van der Waals surface area contributed by atoms with Gasteiger partial charge in [-0.2, -0.15) is 13.2 Å². The third kappa shape index (κ3) is 3.32. The Hall–Kier alpha value is -2.64. The largest absolute Gasteiger partial charge is 0.475 e. The second-order valence-corrected chi connectivity index (χ2v) is 5.30. The van der Waals surface area contributed by atoms with E-state index in [9.17, 15) is 22.4 Å². The highest BCUT2D eigenvalue weighted by atomic mass is 19.4. The van der Waals surface area contributed by atoms with E-state index in [1.165, 1.54) is 6.20 Å². The monoisotopic (exact) mass is 340 g/mol. The van der Waals surface area contributed by atoms with Crippen molar-refractivity contribution < 1.29 is 27.1 Å². The number of nitrogens with zero attached hydrogens (tertiary/aromatic N) is 1. The van der Waals surface area contributed by atoms with Crippen molar-refractivity contribution >= 4 is 5.91 Å². The van der Waals surface area contributed by atoms with Crippen LogP contribution in [0.4, 0.5) is 17.6 Å². The number of amides is 1. The number of ether oxygens (including phenoxy) is 1. The van der Waals surface area contributed by atoms with Gasteiger partial charge in [-0.3, -0.25) is 4.79 Å². The molecule has 24 heavy (non-hydrogen) atoms. The van der Waals surface area contributed by atoms with Crippen LogP contribution in [0.25, 0.3) is 0 Å². The highest BCUT2D eigenvalue weighted by Crippen LogP contribution is 2.33. The summed E-state index contributed by atoms with van der Waals surface area (Å²) >= 11 is 0. The first kappa shape index (κ1) is 16.2. The zero-order valence-corrected chi connectivity index (χ0v) is 12.2. The lowest BCUT2D eigenvalue weighted by atomic mass is 10.0. The van der Waals surface area contributed by atoms with Gasteiger partial charge in [0, 0.05) is 11.8 Å². The van der Waals surface area contributed by atoms with E-state index in [1.807, 2.05) is 0 Å². The van der Waals surface area contributed by atoms with Gasteiger partial charge < -0.3 is 10.1 Å². The Bertz CT molecular complexity index is 777. The molecule has 126 valence electrons. The molecule has 0 aliphatic carbocycles. The number of carbonyl (C=O) groups excluding carboxylic acids is 1. The van der Waals surface area contributed by atoms with Crippen LogP contribution in [0.5, 0.6) is 5.88 Å². The van der Waals surface area contributed by atoms with E-state index in [0.717, 1.165) is 12.1 Å². The topological polar surface area (TPSA) is 51.2 Å². The minimum Gasteiger partial charge on any atom is -0.475 e. The van der Waals surface area contributed by atoms with Gasteiger partial charge in [-0.15, -0.1) is 0 Å². The summed E-state index contributed by atoms with van der Waals surface area (Å²) in [5.41, 5.74) is -0.768. The van der Waals surface area contributed by atoms with Gasteiger partial charge in [0.15, 0.2) is 0 Å². The van der Waals surface area contributed by atoms with Crippen LogP contribution in [-0.4, -0.2) is 17.5 Å². The maximum atomic E-state index is 13.1. The van der Waals surface area contributed by atoms with E-state index in [2.05, 4.69) is 10.3 Å². The molecule has 0 fully saturated rings. The van der Waals surface area contributed by atoms with Gasteiger partial charge in [0.25, 0.3) is 0 Å². The number of benzene rings is 1. The smallest absolute Gasteiger partial charge is 0.416 e. The predicted octanol–water partition coefficient (Wildman–Crippen LogP) is 3.03. The van der Waals surface area contributed by atoms with Crippen LogP contribution < -0.4 is 10.1 Å². The van der Waals surface area contributed by atoms with E-state index in [4.69, 9.17) is 4.74 Å². The summed E-state index contributed by atoms with van der Waals surface area (Å²) in [6.07, 6.45) is -3.71. The van der Waals surface area contributed by atoms with Crippen LogP contribution >= 0.6 is 0 Å². The summed E-state index contributed by atoms with van der Waals surface area (Å²) in [6, 6.07) is 5.18. The van der Waals surface area contributed by atoms with Crippen LogP contribution in [0.15, 0.2) is 36.5 Å². The Morgan fingerprint density at radius 3 is 2.88 bits per heavy atom. The molecule has 2 aromatic rings. The minimum absolute atomic E-state index is 0.160. The Balaban J connectivity index is 1.75. The lowest BCUT2D eigenvalue weighted by Gasteiger charge is -2.15. The van der Waals surface area contributed by atoms with Crippen molar-refractivity contribution in [1.29, 1.82) is 0 Å². The van der Waals surface area contributed by atoms with Crippen molar-refractivity contribution in [2.24, 2.45) is 0 Å². The van der Waals surface area contributed by atoms with Crippen LogP contribution in [-0.2, 0) is 17.4 Å². The molecular formula is C16H12F4N2O2. The SMILES string of the molecule is O=C(Cc1ccc(F)cc1C(F)(F)F)NC1COc2ncccc21. The van der Waals surface area contributed by atoms with Crippen LogP contribution in [0.1, 0.15) is 22.7 Å². The number of rotatable bonds is 3. The lowest BCUT2D eigenvalue weighted by Crippen LogP contribution is -2.31. The normalized spacial score (nSPS) is 16.4. The van der Waals surface area contributed by atoms with E-state index >= 15 is 0 Å². The molecule has 1 atom stereocenters. The third-order valence-corrected chi connectivity index (χ3v) is 3.63. The average Bonchev–Trinajstić information content (AvgIpc) is 2.91. The van der Waals surface area contributed by atoms with E-state index in [0.29, 0.717) is 17.5 Å². The number of pyridine rings is 1. The molecule has 1 N–H and O–H groups in total. The van der Waals surface area contributed by atoms with Crippen molar-refractivity contribution in [3.05, 3.63) is 59.0 Å². The highest BCUT2D eigenvalue weighted by molar-refractivity contribution is 5.79. The van der Waals surface area contributed by atoms with Gasteiger partial charge in [0.2, 0.25) is 11.8 Å². The molecule has 1 unspecified atom stereocenters. The van der Waals surface area contributed by atoms with Crippen LogP contribution in [0.3, 0.4) is 0 Å². The number of nitrogens with one attached hydrogen (secondary N) is 1. The molecule has 1 aliphatic rings. The summed E-state index contributed by atoms with van der Waals surface area (Å²) in [7, 11) is 0. The lowest BCUT2D eigenvalue weighted by molar-refractivity contribution is -0.138. The number of hydrogen-bond acceptors (Lipinski definition) is 3. The molecule has 1 aromatic carbocycles. The standard InChI is InChI=1S/C16H12F4N2O2/c17-10-4-3-9(12(7-10)16(18,19)20)6-14(23)22-13-8-24-15-11(13)2-1-5-21-15/h1-5,7,13H,6,8H2,(H,22,23). The minimum atomic E-state index is -4.73. The molecule has 2 heterocycles. The first-order chi connectivity index (χ1) is 11.3. The molecule has 1 amide bonds. The zero-order chi connectivity index (χ0) is 17.3. The molecule has 0 saturated carbocycles. The number of fused-ring (bicyclic) bond motifs is 1. The first-order valence-corrected chi connectivity index (χ1v) is 7.07. The van der Waals surface area contributed by atoms with Crippen LogP contribution in [0.2, 0.25) is 0 Å². The number of hydrogen-bond donors (Lipinski definition) is 1. The van der Waals surface area contributed by atoms with Crippen molar-refractivity contribution in [2.45, 2.75) is 18.6 Å². The zero-order valence-electron chi connectivity index (χ0n) is 12.2. The molecule has 0 spiro atoms. The molecule has 3 rings (SSSR count). The third-order valence-electron chi connectivity index (χ3n) is 3.63. The fourth-order valence-corrected chi connectivity index (χ4v) is 2.55. The fraction of sp³-hybridized carbons (Fsp3) is 0.250. The Kier molecular flexibility index (Phi) is 4.13. The van der Waals surface area contributed by atoms with Gasteiger partial charge >= 0.3 is 6.18 Å². The van der Waals surface area contributed by atoms with Crippen molar-refractivity contribution in [3.8, 4) is 5.88 Å². The quantitative estimate of drug-likeness (QED) is 0.874. The number of halogens is 4. The van der Waals surface area contributed by atoms with Gasteiger partial charge in [0.05, 0.1) is 18.0 Å². The van der Waals surface area contributed by atoms with Gasteiger partial charge in [-0.25, -0.2) is 9.37 Å². The second kappa shape index (κ2) is 6.10. The first-order valence-electron chi connectivity index (χ1n) is 7.07. The Morgan fingerprint density at radius 1 is 1.33 bits per heavy atom. The summed E-state index contributed by atoms with van der Waals surface area (Å²) in [4.78, 5) is 16.1. The van der Waals surface area contributed by atoms with E-state index < -0.39 is 35.9 Å². The maximum Gasteiger partial charge on any atom is 0.416 e. The molecule has 4 nitrogen and oxygen atoms in total. The summed E-state index contributed by atoms with van der Waals surface area (Å²) < 4.78 is 57.2. The Labute approximate surface area is 134 Å². The molecular weight excluding hydrogens is 328 g/mol. The fourth-order valence-electron chi connectivity index (χ4n) is 2.55. The van der Waals surface area contributed by atoms with Crippen molar-refractivity contribution in [2.75, 3.05) is 6.61 Å². The van der Waals surface area contributed by atoms with Crippen molar-refractivity contribution in [1.82, 2.24) is 10.3 Å². The van der Waals surface area contributed by atoms with Gasteiger partial charge in [-0.1, -0.05) is 6.07 Å². The summed E-state index contributed by atoms with van der Waals surface area (Å²) in [5, 5.41) is 2.61. The molecule has 0 saturated heterocycles. The summed E-state index contributed by atoms with van der Waals surface area (Å²) in [5.74, 6) is -1.23. The van der Waals surface area contributed by atoms with E-state index in [1.54, 1.807) is 12.1 Å². The number of aromatic nitrogens is 1. The highest BCUT2D eigenvalue weighted by Gasteiger charge is 2.34. The summed E-state index contributed by atoms with van der Waals surface area (Å²) in [6.45, 7) is 0.160. The number of alkyl halides is 3. The Morgan fingerprint density at radius 2 is 2.12 bits per heavy atom. The second-order valence-electron chi connectivity index (χ2n) is 5.30. The van der Waals surface area contributed by atoms with Gasteiger partial charge in [-0.05, 0) is 29.8 Å². The molecule has 0 radical (unpaired) electrons. The van der Waals surface area contributed by atoms with Gasteiger partial charge in [0.1, 0.15) is 12.4 Å². The predicted molar refractivity (Wildman–Crippen MR) is 75.7 cm³/mol. The van der Waals surface area contributed by atoms with Crippen molar-refractivity contribution in [3.63, 3.8) is 0 Å². The average molecular weight is 340 g/mol. The van der Waals surface area contributed by atoms with E-state index in [-0.39, 0.29) is 12.2 Å². The maximum absolute atomic E-state index is 13.1. The molecule has 8 heteroatoms.